The summed E-state index contributed by atoms with van der Waals surface area (Å²) in [5.41, 5.74) is 5.28. The van der Waals surface area contributed by atoms with Crippen LogP contribution in [0, 0.1) is 19.7 Å². The molecule has 4 heteroatoms. The molecule has 0 radical (unpaired) electrons. The van der Waals surface area contributed by atoms with E-state index in [1.807, 2.05) is 38.1 Å². The zero-order chi connectivity index (χ0) is 17.1. The van der Waals surface area contributed by atoms with Crippen LogP contribution in [0.1, 0.15) is 23.1 Å². The molecule has 0 fully saturated rings. The minimum atomic E-state index is -0.232. The molecule has 0 atom stereocenters. The van der Waals surface area contributed by atoms with Crippen LogP contribution in [0.15, 0.2) is 48.5 Å². The Morgan fingerprint density at radius 1 is 1.12 bits per heavy atom. The molecule has 1 N–H and O–H groups in total. The number of halogens is 1. The largest absolute Gasteiger partial charge is 0.322 e. The summed E-state index contributed by atoms with van der Waals surface area (Å²) in [6, 6.07) is 12.3. The van der Waals surface area contributed by atoms with E-state index >= 15 is 0 Å². The highest BCUT2D eigenvalue weighted by atomic mass is 19.1. The molecule has 2 aromatic carbocycles. The molecular weight excluding hydrogens is 303 g/mol. The average Bonchev–Trinajstić information content (AvgIpc) is 2.60. The molecule has 0 unspecified atom stereocenters. The third-order valence-electron chi connectivity index (χ3n) is 4.56. The number of urea groups is 1. The first-order chi connectivity index (χ1) is 11.5. The fraction of sp³-hybridized carbons (Fsp3) is 0.250. The van der Waals surface area contributed by atoms with Gasteiger partial charge in [0.25, 0.3) is 0 Å². The van der Waals surface area contributed by atoms with Gasteiger partial charge in [0.2, 0.25) is 0 Å². The molecule has 0 saturated carbocycles. The number of anilines is 1. The molecule has 0 aromatic heterocycles. The van der Waals surface area contributed by atoms with Crippen LogP contribution >= 0.6 is 0 Å². The summed E-state index contributed by atoms with van der Waals surface area (Å²) in [5.74, 6) is -0.232. The van der Waals surface area contributed by atoms with Crippen molar-refractivity contribution in [1.29, 1.82) is 0 Å². The van der Waals surface area contributed by atoms with Crippen molar-refractivity contribution in [3.05, 3.63) is 71.0 Å². The Labute approximate surface area is 141 Å². The van der Waals surface area contributed by atoms with Gasteiger partial charge in [0.05, 0.1) is 0 Å². The molecule has 0 spiro atoms. The Kier molecular flexibility index (Phi) is 4.65. The van der Waals surface area contributed by atoms with Gasteiger partial charge in [-0.25, -0.2) is 9.18 Å². The maximum absolute atomic E-state index is 13.0. The summed E-state index contributed by atoms with van der Waals surface area (Å²) in [5, 5.41) is 2.99. The van der Waals surface area contributed by atoms with E-state index in [-0.39, 0.29) is 11.8 Å². The van der Waals surface area contributed by atoms with E-state index in [4.69, 9.17) is 0 Å². The smallest absolute Gasteiger partial charge is 0.320 e. The van der Waals surface area contributed by atoms with Crippen molar-refractivity contribution in [2.45, 2.75) is 20.3 Å². The molecule has 124 valence electrons. The third kappa shape index (κ3) is 3.48. The highest BCUT2D eigenvalue weighted by Gasteiger charge is 2.18. The predicted molar refractivity (Wildman–Crippen MR) is 95.5 cm³/mol. The lowest BCUT2D eigenvalue weighted by Crippen LogP contribution is -2.38. The lowest BCUT2D eigenvalue weighted by Gasteiger charge is -2.27. The molecule has 3 rings (SSSR count). The Morgan fingerprint density at radius 2 is 1.88 bits per heavy atom. The maximum Gasteiger partial charge on any atom is 0.322 e. The van der Waals surface area contributed by atoms with Crippen molar-refractivity contribution in [3.63, 3.8) is 0 Å². The van der Waals surface area contributed by atoms with E-state index < -0.39 is 0 Å². The number of hydrogen-bond acceptors (Lipinski definition) is 1. The number of hydrogen-bond donors (Lipinski definition) is 1. The SMILES string of the molecule is Cc1cccc(NC(=O)N2CC=C(c3ccc(F)cc3)CC2)c1C. The van der Waals surface area contributed by atoms with E-state index in [1.54, 1.807) is 17.0 Å². The highest BCUT2D eigenvalue weighted by Crippen LogP contribution is 2.24. The number of benzene rings is 2. The first kappa shape index (κ1) is 16.2. The van der Waals surface area contributed by atoms with E-state index in [0.717, 1.165) is 34.4 Å². The van der Waals surface area contributed by atoms with Crippen molar-refractivity contribution in [1.82, 2.24) is 4.90 Å². The van der Waals surface area contributed by atoms with Crippen molar-refractivity contribution in [3.8, 4) is 0 Å². The molecule has 0 bridgehead atoms. The summed E-state index contributed by atoms with van der Waals surface area (Å²) in [6.07, 6.45) is 2.81. The van der Waals surface area contributed by atoms with Crippen LogP contribution in [-0.2, 0) is 0 Å². The third-order valence-corrected chi connectivity index (χ3v) is 4.56. The molecule has 1 heterocycles. The van der Waals surface area contributed by atoms with Crippen LogP contribution in [0.2, 0.25) is 0 Å². The number of nitrogens with zero attached hydrogens (tertiary/aromatic N) is 1. The monoisotopic (exact) mass is 324 g/mol. The molecule has 2 amide bonds. The maximum atomic E-state index is 13.0. The minimum absolute atomic E-state index is 0.0851. The molecule has 2 aromatic rings. The van der Waals surface area contributed by atoms with Gasteiger partial charge in [-0.15, -0.1) is 0 Å². The molecule has 3 nitrogen and oxygen atoms in total. The highest BCUT2D eigenvalue weighted by molar-refractivity contribution is 5.91. The normalized spacial score (nSPS) is 14.3. The van der Waals surface area contributed by atoms with Crippen molar-refractivity contribution in [2.75, 3.05) is 18.4 Å². The molecular formula is C20H21FN2O. The van der Waals surface area contributed by atoms with Crippen LogP contribution in [0.3, 0.4) is 0 Å². The lowest BCUT2D eigenvalue weighted by molar-refractivity contribution is 0.217. The van der Waals surface area contributed by atoms with E-state index in [0.29, 0.717) is 13.1 Å². The minimum Gasteiger partial charge on any atom is -0.320 e. The molecule has 0 saturated heterocycles. The fourth-order valence-corrected chi connectivity index (χ4v) is 2.86. The Bertz CT molecular complexity index is 781. The number of aryl methyl sites for hydroxylation is 1. The zero-order valence-electron chi connectivity index (χ0n) is 14.0. The second-order valence-electron chi connectivity index (χ2n) is 6.11. The first-order valence-corrected chi connectivity index (χ1v) is 8.12. The molecule has 0 aliphatic carbocycles. The van der Waals surface area contributed by atoms with Gasteiger partial charge in [0, 0.05) is 18.8 Å². The van der Waals surface area contributed by atoms with E-state index in [1.165, 1.54) is 12.1 Å². The van der Waals surface area contributed by atoms with Crippen LogP contribution in [0.4, 0.5) is 14.9 Å². The van der Waals surface area contributed by atoms with Crippen LogP contribution < -0.4 is 5.32 Å². The second-order valence-corrected chi connectivity index (χ2v) is 6.11. The Morgan fingerprint density at radius 3 is 2.54 bits per heavy atom. The van der Waals surface area contributed by atoms with Crippen molar-refractivity contribution >= 4 is 17.3 Å². The molecule has 1 aliphatic heterocycles. The predicted octanol–water partition coefficient (Wildman–Crippen LogP) is 4.76. The van der Waals surface area contributed by atoms with Crippen molar-refractivity contribution in [2.24, 2.45) is 0 Å². The van der Waals surface area contributed by atoms with Gasteiger partial charge in [0.1, 0.15) is 5.82 Å². The van der Waals surface area contributed by atoms with Gasteiger partial charge < -0.3 is 10.2 Å². The number of carbonyl (C=O) groups excluding carboxylic acids is 1. The number of carbonyl (C=O) groups is 1. The Balaban J connectivity index is 1.66. The number of amides is 2. The van der Waals surface area contributed by atoms with E-state index in [2.05, 4.69) is 5.32 Å². The fourth-order valence-electron chi connectivity index (χ4n) is 2.86. The summed E-state index contributed by atoms with van der Waals surface area (Å²) in [7, 11) is 0. The van der Waals surface area contributed by atoms with Gasteiger partial charge in [-0.1, -0.05) is 30.3 Å². The zero-order valence-corrected chi connectivity index (χ0v) is 14.0. The summed E-state index contributed by atoms with van der Waals surface area (Å²) in [4.78, 5) is 14.2. The van der Waals surface area contributed by atoms with Gasteiger partial charge in [-0.3, -0.25) is 0 Å². The Hall–Kier alpha value is -2.62. The average molecular weight is 324 g/mol. The second kappa shape index (κ2) is 6.87. The van der Waals surface area contributed by atoms with Gasteiger partial charge in [0.15, 0.2) is 0 Å². The van der Waals surface area contributed by atoms with Gasteiger partial charge in [-0.05, 0) is 60.7 Å². The molecule has 24 heavy (non-hydrogen) atoms. The number of nitrogens with one attached hydrogen (secondary N) is 1. The quantitative estimate of drug-likeness (QED) is 0.848. The number of rotatable bonds is 2. The van der Waals surface area contributed by atoms with Crippen LogP contribution in [-0.4, -0.2) is 24.0 Å². The van der Waals surface area contributed by atoms with Gasteiger partial charge >= 0.3 is 6.03 Å². The van der Waals surface area contributed by atoms with Crippen LogP contribution in [0.5, 0.6) is 0 Å². The van der Waals surface area contributed by atoms with Gasteiger partial charge in [-0.2, -0.15) is 0 Å². The summed E-state index contributed by atoms with van der Waals surface area (Å²) in [6.45, 7) is 5.25. The molecule has 1 aliphatic rings. The summed E-state index contributed by atoms with van der Waals surface area (Å²) < 4.78 is 13.0. The first-order valence-electron chi connectivity index (χ1n) is 8.12. The lowest BCUT2D eigenvalue weighted by atomic mass is 10.00. The topological polar surface area (TPSA) is 32.3 Å². The van der Waals surface area contributed by atoms with E-state index in [9.17, 15) is 9.18 Å². The van der Waals surface area contributed by atoms with Crippen molar-refractivity contribution < 1.29 is 9.18 Å². The standard InChI is InChI=1S/C20H21FN2O/c1-14-4-3-5-19(15(14)2)22-20(24)23-12-10-17(11-13-23)16-6-8-18(21)9-7-16/h3-10H,11-13H2,1-2H3,(H,22,24). The summed E-state index contributed by atoms with van der Waals surface area (Å²) >= 11 is 0. The van der Waals surface area contributed by atoms with Crippen LogP contribution in [0.25, 0.3) is 5.57 Å².